The maximum Gasteiger partial charge on any atom is 0.410 e. The van der Waals surface area contributed by atoms with Gasteiger partial charge in [0.05, 0.1) is 0 Å². The molecular weight excluding hydrogens is 228 g/mol. The number of rotatable bonds is 0. The Bertz CT molecular complexity index is 314. The summed E-state index contributed by atoms with van der Waals surface area (Å²) in [6.07, 6.45) is 5.51. The van der Waals surface area contributed by atoms with Gasteiger partial charge in [-0.3, -0.25) is 0 Å². The molecule has 2 rings (SSSR count). The van der Waals surface area contributed by atoms with Gasteiger partial charge in [-0.1, -0.05) is 0 Å². The maximum absolute atomic E-state index is 12.0. The minimum Gasteiger partial charge on any atom is -0.444 e. The van der Waals surface area contributed by atoms with E-state index >= 15 is 0 Å². The molecule has 1 heterocycles. The Hall–Kier alpha value is -0.770. The molecule has 0 bridgehead atoms. The lowest BCUT2D eigenvalue weighted by Crippen LogP contribution is -2.44. The van der Waals surface area contributed by atoms with E-state index in [1.54, 1.807) is 0 Å². The summed E-state index contributed by atoms with van der Waals surface area (Å²) in [6.45, 7) is 7.37. The van der Waals surface area contributed by atoms with Gasteiger partial charge in [0.25, 0.3) is 0 Å². The van der Waals surface area contributed by atoms with Gasteiger partial charge in [0, 0.05) is 19.1 Å². The van der Waals surface area contributed by atoms with Gasteiger partial charge in [-0.25, -0.2) is 4.79 Å². The first-order chi connectivity index (χ1) is 8.30. The van der Waals surface area contributed by atoms with Crippen LogP contribution >= 0.6 is 0 Å². The molecule has 2 fully saturated rings. The summed E-state index contributed by atoms with van der Waals surface area (Å²) in [5.41, 5.74) is 6.03. The van der Waals surface area contributed by atoms with Crippen LogP contribution in [-0.2, 0) is 4.74 Å². The van der Waals surface area contributed by atoms with Gasteiger partial charge in [-0.2, -0.15) is 0 Å². The summed E-state index contributed by atoms with van der Waals surface area (Å²) in [7, 11) is 0. The van der Waals surface area contributed by atoms with Crippen molar-refractivity contribution in [1.82, 2.24) is 4.90 Å². The minimum absolute atomic E-state index is 0.167. The molecule has 0 aromatic heterocycles. The first-order valence-electron chi connectivity index (χ1n) is 7.03. The van der Waals surface area contributed by atoms with Crippen LogP contribution in [0.4, 0.5) is 4.79 Å². The van der Waals surface area contributed by atoms with Crippen LogP contribution in [-0.4, -0.2) is 35.7 Å². The minimum atomic E-state index is -0.401. The van der Waals surface area contributed by atoms with Crippen LogP contribution in [0.1, 0.15) is 52.9 Å². The average Bonchev–Trinajstić information content (AvgIpc) is 2.58. The number of hydrogen-bond donors (Lipinski definition) is 1. The van der Waals surface area contributed by atoms with E-state index in [1.807, 2.05) is 25.7 Å². The molecule has 1 aliphatic heterocycles. The highest BCUT2D eigenvalue weighted by Gasteiger charge is 2.41. The number of amides is 1. The van der Waals surface area contributed by atoms with Gasteiger partial charge in [-0.15, -0.1) is 0 Å². The fraction of sp³-hybridized carbons (Fsp3) is 0.929. The quantitative estimate of drug-likeness (QED) is 0.722. The van der Waals surface area contributed by atoms with E-state index in [2.05, 4.69) is 0 Å². The maximum atomic E-state index is 12.0. The zero-order valence-electron chi connectivity index (χ0n) is 11.9. The van der Waals surface area contributed by atoms with Gasteiger partial charge >= 0.3 is 6.09 Å². The number of carbonyl (C=O) groups is 1. The Morgan fingerprint density at radius 1 is 1.28 bits per heavy atom. The van der Waals surface area contributed by atoms with Crippen molar-refractivity contribution in [2.24, 2.45) is 11.1 Å². The van der Waals surface area contributed by atoms with Crippen molar-refractivity contribution in [2.45, 2.75) is 64.5 Å². The molecule has 0 unspecified atom stereocenters. The van der Waals surface area contributed by atoms with Gasteiger partial charge in [0.2, 0.25) is 0 Å². The van der Waals surface area contributed by atoms with Crippen molar-refractivity contribution < 1.29 is 9.53 Å². The molecule has 2 aliphatic rings. The highest BCUT2D eigenvalue weighted by Crippen LogP contribution is 2.45. The predicted octanol–water partition coefficient (Wildman–Crippen LogP) is 2.51. The SMILES string of the molecule is CC(C)(C)OC(=O)N1CCC2(CC[C@H](N)C2)CC1. The lowest BCUT2D eigenvalue weighted by Gasteiger charge is -2.39. The van der Waals surface area contributed by atoms with Crippen molar-refractivity contribution in [3.63, 3.8) is 0 Å². The lowest BCUT2D eigenvalue weighted by atomic mass is 9.77. The van der Waals surface area contributed by atoms with E-state index in [4.69, 9.17) is 10.5 Å². The third-order valence-electron chi connectivity index (χ3n) is 4.22. The van der Waals surface area contributed by atoms with Crippen molar-refractivity contribution in [3.8, 4) is 0 Å². The summed E-state index contributed by atoms with van der Waals surface area (Å²) in [6, 6.07) is 0.373. The van der Waals surface area contributed by atoms with Gasteiger partial charge in [0.1, 0.15) is 5.60 Å². The molecule has 4 heteroatoms. The van der Waals surface area contributed by atoms with Crippen LogP contribution in [0, 0.1) is 5.41 Å². The third kappa shape index (κ3) is 3.16. The van der Waals surface area contributed by atoms with Crippen molar-refractivity contribution in [3.05, 3.63) is 0 Å². The Balaban J connectivity index is 1.85. The number of carbonyl (C=O) groups excluding carboxylic acids is 1. The van der Waals surface area contributed by atoms with E-state index in [0.29, 0.717) is 11.5 Å². The molecular formula is C14H26N2O2. The number of ether oxygens (including phenoxy) is 1. The summed E-state index contributed by atoms with van der Waals surface area (Å²) >= 11 is 0. The topological polar surface area (TPSA) is 55.6 Å². The lowest BCUT2D eigenvalue weighted by molar-refractivity contribution is 0.0106. The molecule has 1 saturated heterocycles. The van der Waals surface area contributed by atoms with E-state index < -0.39 is 5.60 Å². The van der Waals surface area contributed by atoms with Crippen molar-refractivity contribution >= 4 is 6.09 Å². The largest absolute Gasteiger partial charge is 0.444 e. The molecule has 0 radical (unpaired) electrons. The molecule has 18 heavy (non-hydrogen) atoms. The second-order valence-corrected chi connectivity index (χ2v) is 6.97. The van der Waals surface area contributed by atoms with Gasteiger partial charge in [0.15, 0.2) is 0 Å². The van der Waals surface area contributed by atoms with Crippen LogP contribution in [0.3, 0.4) is 0 Å². The first-order valence-corrected chi connectivity index (χ1v) is 7.03. The zero-order valence-corrected chi connectivity index (χ0v) is 11.9. The van der Waals surface area contributed by atoms with E-state index in [9.17, 15) is 4.79 Å². The molecule has 104 valence electrons. The Kier molecular flexibility index (Phi) is 3.58. The zero-order chi connectivity index (χ0) is 13.4. The molecule has 1 aliphatic carbocycles. The fourth-order valence-electron chi connectivity index (χ4n) is 3.20. The standard InChI is InChI=1S/C14H26N2O2/c1-13(2,3)18-12(17)16-8-6-14(7-9-16)5-4-11(15)10-14/h11H,4-10,15H2,1-3H3/t11-/m0/s1. The Morgan fingerprint density at radius 2 is 1.89 bits per heavy atom. The normalized spacial score (nSPS) is 27.6. The number of piperidine rings is 1. The molecule has 0 aromatic rings. The smallest absolute Gasteiger partial charge is 0.410 e. The number of hydrogen-bond acceptors (Lipinski definition) is 3. The Morgan fingerprint density at radius 3 is 2.33 bits per heavy atom. The third-order valence-corrected chi connectivity index (χ3v) is 4.22. The molecule has 0 aromatic carbocycles. The van der Waals surface area contributed by atoms with Crippen LogP contribution in [0.2, 0.25) is 0 Å². The summed E-state index contributed by atoms with van der Waals surface area (Å²) in [4.78, 5) is 13.8. The molecule has 4 nitrogen and oxygen atoms in total. The fourth-order valence-corrected chi connectivity index (χ4v) is 3.20. The van der Waals surface area contributed by atoms with Crippen molar-refractivity contribution in [2.75, 3.05) is 13.1 Å². The van der Waals surface area contributed by atoms with Crippen LogP contribution in [0.25, 0.3) is 0 Å². The first kappa shape index (κ1) is 13.7. The highest BCUT2D eigenvalue weighted by atomic mass is 16.6. The van der Waals surface area contributed by atoms with Crippen LogP contribution in [0.5, 0.6) is 0 Å². The molecule has 2 N–H and O–H groups in total. The average molecular weight is 254 g/mol. The molecule has 1 saturated carbocycles. The summed E-state index contributed by atoms with van der Waals surface area (Å²) in [5.74, 6) is 0. The second-order valence-electron chi connectivity index (χ2n) is 6.97. The Labute approximate surface area is 110 Å². The van der Waals surface area contributed by atoms with E-state index in [1.165, 1.54) is 6.42 Å². The van der Waals surface area contributed by atoms with E-state index in [-0.39, 0.29) is 6.09 Å². The van der Waals surface area contributed by atoms with Crippen molar-refractivity contribution in [1.29, 1.82) is 0 Å². The number of likely N-dealkylation sites (tertiary alicyclic amines) is 1. The van der Waals surface area contributed by atoms with Crippen LogP contribution < -0.4 is 5.73 Å². The van der Waals surface area contributed by atoms with Gasteiger partial charge < -0.3 is 15.4 Å². The van der Waals surface area contributed by atoms with Gasteiger partial charge in [-0.05, 0) is 58.3 Å². The molecule has 1 spiro atoms. The predicted molar refractivity (Wildman–Crippen MR) is 71.3 cm³/mol. The summed E-state index contributed by atoms with van der Waals surface area (Å²) in [5, 5.41) is 0. The molecule has 1 amide bonds. The van der Waals surface area contributed by atoms with Crippen LogP contribution in [0.15, 0.2) is 0 Å². The monoisotopic (exact) mass is 254 g/mol. The highest BCUT2D eigenvalue weighted by molar-refractivity contribution is 5.68. The number of nitrogens with two attached hydrogens (primary N) is 1. The number of nitrogens with zero attached hydrogens (tertiary/aromatic N) is 1. The second kappa shape index (κ2) is 4.72. The summed E-state index contributed by atoms with van der Waals surface area (Å²) < 4.78 is 5.41. The molecule has 1 atom stereocenters. The van der Waals surface area contributed by atoms with E-state index in [0.717, 1.165) is 38.8 Å².